The second-order valence-corrected chi connectivity index (χ2v) is 8.97. The summed E-state index contributed by atoms with van der Waals surface area (Å²) in [6, 6.07) is 4.28. The van der Waals surface area contributed by atoms with E-state index in [4.69, 9.17) is 9.47 Å². The minimum absolute atomic E-state index is 0.0513. The molecule has 2 aromatic rings. The third-order valence-corrected chi connectivity index (χ3v) is 6.24. The predicted molar refractivity (Wildman–Crippen MR) is 95.8 cm³/mol. The molecule has 0 amide bonds. The van der Waals surface area contributed by atoms with Gasteiger partial charge in [0.2, 0.25) is 0 Å². The first kappa shape index (κ1) is 21.2. The molecule has 0 fully saturated rings. The number of fused-ring (bicyclic) bond motifs is 1. The maximum Gasteiger partial charge on any atom is 0.501 e. The summed E-state index contributed by atoms with van der Waals surface area (Å²) in [7, 11) is -4.36. The Kier molecular flexibility index (Phi) is 4.94. The Hall–Kier alpha value is -2.53. The maximum atomic E-state index is 13.0. The first-order chi connectivity index (χ1) is 13.3. The van der Waals surface area contributed by atoms with E-state index in [0.29, 0.717) is 0 Å². The van der Waals surface area contributed by atoms with Crippen molar-refractivity contribution in [2.24, 2.45) is 0 Å². The molecule has 2 heterocycles. The smallest absolute Gasteiger partial charge is 0.491 e. The summed E-state index contributed by atoms with van der Waals surface area (Å²) in [5.41, 5.74) is -7.44. The number of sulfone groups is 1. The molecule has 2 atom stereocenters. The van der Waals surface area contributed by atoms with Crippen molar-refractivity contribution in [3.05, 3.63) is 52.4 Å². The average Bonchev–Trinajstić information content (AvgIpc) is 2.62. The summed E-state index contributed by atoms with van der Waals surface area (Å²) in [5, 5.41) is 10.8. The van der Waals surface area contributed by atoms with E-state index in [0.717, 1.165) is 22.8 Å². The van der Waals surface area contributed by atoms with E-state index in [9.17, 15) is 31.5 Å². The van der Waals surface area contributed by atoms with Crippen molar-refractivity contribution < 1.29 is 36.2 Å². The Bertz CT molecular complexity index is 1110. The van der Waals surface area contributed by atoms with Gasteiger partial charge in [-0.05, 0) is 44.2 Å². The van der Waals surface area contributed by atoms with Gasteiger partial charge in [-0.25, -0.2) is 8.42 Å². The van der Waals surface area contributed by atoms with E-state index < -0.39 is 43.5 Å². The lowest BCUT2D eigenvalue weighted by molar-refractivity contribution is -0.0645. The molecule has 1 aromatic heterocycles. The molecular weight excluding hydrogens is 415 g/mol. The van der Waals surface area contributed by atoms with Gasteiger partial charge in [-0.2, -0.15) is 13.2 Å². The Balaban J connectivity index is 2.29. The van der Waals surface area contributed by atoms with Crippen LogP contribution in [0.15, 0.2) is 46.2 Å². The Morgan fingerprint density at radius 3 is 2.48 bits per heavy atom. The molecule has 1 aliphatic heterocycles. The quantitative estimate of drug-likeness (QED) is 0.798. The number of pyridine rings is 1. The highest BCUT2D eigenvalue weighted by molar-refractivity contribution is 7.92. The van der Waals surface area contributed by atoms with Crippen LogP contribution in [0.3, 0.4) is 0 Å². The molecule has 7 nitrogen and oxygen atoms in total. The third-order valence-electron chi connectivity index (χ3n) is 4.76. The van der Waals surface area contributed by atoms with Crippen LogP contribution in [-0.4, -0.2) is 42.4 Å². The van der Waals surface area contributed by atoms with Gasteiger partial charge in [0.1, 0.15) is 17.5 Å². The first-order valence-electron chi connectivity index (χ1n) is 8.39. The van der Waals surface area contributed by atoms with Crippen LogP contribution in [0.25, 0.3) is 0 Å². The number of halogens is 3. The highest BCUT2D eigenvalue weighted by Crippen LogP contribution is 2.43. The van der Waals surface area contributed by atoms with Crippen LogP contribution in [0.1, 0.15) is 25.5 Å². The van der Waals surface area contributed by atoms with Crippen LogP contribution >= 0.6 is 0 Å². The zero-order valence-corrected chi connectivity index (χ0v) is 16.4. The lowest BCUT2D eigenvalue weighted by atomic mass is 9.86. The molecule has 0 spiro atoms. The number of aliphatic hydroxyl groups excluding tert-OH is 1. The number of alkyl halides is 3. The summed E-state index contributed by atoms with van der Waals surface area (Å²) in [6.07, 6.45) is -0.0573. The molecule has 0 saturated carbocycles. The zero-order chi connectivity index (χ0) is 21.8. The van der Waals surface area contributed by atoms with Crippen molar-refractivity contribution in [1.29, 1.82) is 0 Å². The van der Waals surface area contributed by atoms with Crippen LogP contribution in [-0.2, 0) is 9.84 Å². The van der Waals surface area contributed by atoms with E-state index in [-0.39, 0.29) is 17.1 Å². The van der Waals surface area contributed by atoms with Gasteiger partial charge in [-0.1, -0.05) is 0 Å². The molecule has 158 valence electrons. The van der Waals surface area contributed by atoms with E-state index in [1.54, 1.807) is 13.8 Å². The van der Waals surface area contributed by atoms with Gasteiger partial charge in [0, 0.05) is 11.8 Å². The fourth-order valence-electron chi connectivity index (χ4n) is 3.21. The van der Waals surface area contributed by atoms with Crippen molar-refractivity contribution in [3.63, 3.8) is 0 Å². The Morgan fingerprint density at radius 1 is 1.24 bits per heavy atom. The lowest BCUT2D eigenvalue weighted by Crippen LogP contribution is -2.52. The second-order valence-electron chi connectivity index (χ2n) is 7.03. The molecule has 1 aliphatic rings. The van der Waals surface area contributed by atoms with E-state index in [1.165, 1.54) is 25.4 Å². The summed E-state index contributed by atoms with van der Waals surface area (Å²) in [4.78, 5) is 11.7. The summed E-state index contributed by atoms with van der Waals surface area (Å²) in [6.45, 7) is 3.08. The summed E-state index contributed by atoms with van der Waals surface area (Å²) in [5.74, 6) is 0.00533. The highest BCUT2D eigenvalue weighted by Gasteiger charge is 2.49. The van der Waals surface area contributed by atoms with Crippen LogP contribution in [0.5, 0.6) is 11.5 Å². The van der Waals surface area contributed by atoms with Crippen LogP contribution in [0.2, 0.25) is 0 Å². The minimum Gasteiger partial charge on any atom is -0.491 e. The van der Waals surface area contributed by atoms with Crippen molar-refractivity contribution in [1.82, 2.24) is 4.57 Å². The molecule has 1 aromatic carbocycles. The van der Waals surface area contributed by atoms with Crippen LogP contribution in [0.4, 0.5) is 13.2 Å². The Morgan fingerprint density at radius 2 is 1.90 bits per heavy atom. The topological polar surface area (TPSA) is 94.8 Å². The molecule has 0 aliphatic carbocycles. The van der Waals surface area contributed by atoms with Crippen molar-refractivity contribution >= 4 is 9.84 Å². The number of aliphatic hydroxyl groups is 1. The molecule has 3 rings (SSSR count). The number of hydrogen-bond donors (Lipinski definition) is 1. The van der Waals surface area contributed by atoms with Gasteiger partial charge < -0.3 is 19.1 Å². The van der Waals surface area contributed by atoms with Gasteiger partial charge in [-0.3, -0.25) is 4.79 Å². The van der Waals surface area contributed by atoms with Gasteiger partial charge in [0.05, 0.1) is 18.0 Å². The van der Waals surface area contributed by atoms with Gasteiger partial charge in [0.15, 0.2) is 5.75 Å². The third kappa shape index (κ3) is 3.38. The number of ether oxygens (including phenoxy) is 2. The number of aromatic nitrogens is 1. The average molecular weight is 433 g/mol. The van der Waals surface area contributed by atoms with E-state index in [1.807, 2.05) is 0 Å². The number of methoxy groups -OCH3 is 1. The second kappa shape index (κ2) is 6.77. The van der Waals surface area contributed by atoms with Crippen LogP contribution in [0, 0.1) is 0 Å². The lowest BCUT2D eigenvalue weighted by Gasteiger charge is -2.42. The van der Waals surface area contributed by atoms with Crippen LogP contribution < -0.4 is 15.0 Å². The highest BCUT2D eigenvalue weighted by atomic mass is 32.2. The molecule has 0 saturated heterocycles. The number of rotatable bonds is 3. The zero-order valence-electron chi connectivity index (χ0n) is 15.6. The molecule has 0 radical (unpaired) electrons. The molecule has 29 heavy (non-hydrogen) atoms. The van der Waals surface area contributed by atoms with Crippen molar-refractivity contribution in [3.8, 4) is 11.5 Å². The fraction of sp³-hybridized carbons (Fsp3) is 0.389. The normalized spacial score (nSPS) is 21.2. The van der Waals surface area contributed by atoms with Crippen molar-refractivity contribution in [2.75, 3.05) is 7.11 Å². The van der Waals surface area contributed by atoms with Gasteiger partial charge in [0.25, 0.3) is 15.4 Å². The molecule has 0 unspecified atom stereocenters. The number of benzene rings is 1. The molecular formula is C18H18F3NO6S. The first-order valence-corrected chi connectivity index (χ1v) is 9.87. The standard InChI is InChI=1S/C18H18F3NO6S/c1-17(2)15(23)14(22-8-4-5-13(27-3)16(22)24)11-9-10(6-7-12(11)28-17)29(25,26)18(19,20)21/h4-9,14-15,23H,1-3H3/t14-,15+/m1/s1. The maximum absolute atomic E-state index is 13.0. The molecule has 0 bridgehead atoms. The van der Waals surface area contributed by atoms with Gasteiger partial charge >= 0.3 is 5.51 Å². The molecule has 1 N–H and O–H groups in total. The number of nitrogens with zero attached hydrogens (tertiary/aromatic N) is 1. The van der Waals surface area contributed by atoms with E-state index >= 15 is 0 Å². The summed E-state index contributed by atoms with van der Waals surface area (Å²) >= 11 is 0. The number of hydrogen-bond acceptors (Lipinski definition) is 6. The fourth-order valence-corrected chi connectivity index (χ4v) is 4.01. The predicted octanol–water partition coefficient (Wildman–Crippen LogP) is 2.27. The summed E-state index contributed by atoms with van der Waals surface area (Å²) < 4.78 is 74.4. The monoisotopic (exact) mass is 433 g/mol. The minimum atomic E-state index is -5.63. The molecule has 11 heteroatoms. The van der Waals surface area contributed by atoms with Crippen molar-refractivity contribution in [2.45, 2.75) is 42.0 Å². The van der Waals surface area contributed by atoms with E-state index in [2.05, 4.69) is 0 Å². The SMILES string of the molecule is COc1cccn([C@@H]2c3cc(S(=O)(=O)C(F)(F)F)ccc3OC(C)(C)[C@H]2O)c1=O. The van der Waals surface area contributed by atoms with Gasteiger partial charge in [-0.15, -0.1) is 0 Å². The Labute approximate surface area is 164 Å². The largest absolute Gasteiger partial charge is 0.501 e.